The second-order valence-corrected chi connectivity index (χ2v) is 20.4. The van der Waals surface area contributed by atoms with E-state index in [4.69, 9.17) is 0 Å². The quantitative estimate of drug-likeness (QED) is 0.129. The number of rotatable bonds is 2. The summed E-state index contributed by atoms with van der Waals surface area (Å²) in [5.41, 5.74) is -43.7. The lowest BCUT2D eigenvalue weighted by Crippen LogP contribution is -2.11. The number of fused-ring (bicyclic) bond motifs is 17. The standard InChI is InChI=1S/C57H26F24N8/c58-50(59,60)40-26-4-6-28(82-26)42(52(64,65)66)32-12-14-36(86-32)46(56(76,77)78)48-24(18-38(88-48)44(54(70,71)72)34-10-8-30(40)84-34)22-16-20-2-1-3-21(20)17-23(22)25-19-39-45(55(73,74)75)35-11-9-31(85-35)41(51(61,62)63)27-5-7-29(83-27)43(53(67,68)69)33-13-15-37(87-33)47(49(25)89-39)57(79,80)81/h4-19,82-83,88-89H,1-3H2. The molecular weight excluding hydrogens is 1250 g/mol. The van der Waals surface area contributed by atoms with Gasteiger partial charge in [0, 0.05) is 11.1 Å². The van der Waals surface area contributed by atoms with Crippen LogP contribution in [0.25, 0.3) is 115 Å². The molecule has 5 aliphatic rings. The molecule has 16 bridgehead atoms. The lowest BCUT2D eigenvalue weighted by Gasteiger charge is -2.16. The van der Waals surface area contributed by atoms with Crippen LogP contribution in [0.4, 0.5) is 105 Å². The van der Waals surface area contributed by atoms with Gasteiger partial charge >= 0.3 is 49.4 Å². The van der Waals surface area contributed by atoms with Crippen molar-refractivity contribution >= 4 is 92.7 Å². The zero-order chi connectivity index (χ0) is 64.4. The van der Waals surface area contributed by atoms with Crippen molar-refractivity contribution in [1.82, 2.24) is 39.9 Å². The Morgan fingerprint density at radius 2 is 0.461 bits per heavy atom. The van der Waals surface area contributed by atoms with E-state index in [0.29, 0.717) is 72.9 Å². The highest BCUT2D eigenvalue weighted by Gasteiger charge is 2.46. The van der Waals surface area contributed by atoms with Gasteiger partial charge in [0.25, 0.3) is 0 Å². The Morgan fingerprint density at radius 1 is 0.247 bits per heavy atom. The summed E-state index contributed by atoms with van der Waals surface area (Å²) in [5.74, 6) is 0. The van der Waals surface area contributed by atoms with Gasteiger partial charge in [-0.1, -0.05) is 12.1 Å². The van der Waals surface area contributed by atoms with Crippen molar-refractivity contribution in [3.8, 4) is 22.3 Å². The summed E-state index contributed by atoms with van der Waals surface area (Å²) in [5, 5.41) is 0. The van der Waals surface area contributed by atoms with Gasteiger partial charge in [0.1, 0.15) is 44.5 Å². The van der Waals surface area contributed by atoms with Gasteiger partial charge in [0.15, 0.2) is 0 Å². The predicted molar refractivity (Wildman–Crippen MR) is 274 cm³/mol. The molecule has 0 spiro atoms. The first kappa shape index (κ1) is 60.0. The number of aryl methyl sites for hydroxylation is 2. The van der Waals surface area contributed by atoms with Gasteiger partial charge in [-0.2, -0.15) is 105 Å². The summed E-state index contributed by atoms with van der Waals surface area (Å²) in [6.45, 7) is 0. The van der Waals surface area contributed by atoms with Crippen molar-refractivity contribution < 1.29 is 105 Å². The first-order chi connectivity index (χ1) is 41.2. The van der Waals surface area contributed by atoms with Crippen LogP contribution < -0.4 is 0 Å². The second kappa shape index (κ2) is 19.6. The smallest absolute Gasteiger partial charge is 0.354 e. The Hall–Kier alpha value is -9.26. The molecule has 4 aliphatic heterocycles. The molecule has 0 atom stereocenters. The fraction of sp³-hybridized carbons (Fsp3) is 0.193. The third kappa shape index (κ3) is 10.4. The molecule has 32 heteroatoms. The molecule has 0 saturated carbocycles. The van der Waals surface area contributed by atoms with Crippen molar-refractivity contribution in [2.45, 2.75) is 68.7 Å². The number of benzene rings is 1. The third-order valence-corrected chi connectivity index (χ3v) is 14.8. The molecule has 0 unspecified atom stereocenters. The number of hydrogen-bond acceptors (Lipinski definition) is 4. The summed E-state index contributed by atoms with van der Waals surface area (Å²) < 4.78 is 372. The minimum absolute atomic E-state index is 0.0748. The number of nitrogens with one attached hydrogen (secondary N) is 4. The number of halogens is 24. The summed E-state index contributed by atoms with van der Waals surface area (Å²) >= 11 is 0. The van der Waals surface area contributed by atoms with E-state index in [9.17, 15) is 26.3 Å². The van der Waals surface area contributed by atoms with Crippen molar-refractivity contribution in [2.75, 3.05) is 0 Å². The number of aromatic amines is 4. The lowest BCUT2D eigenvalue weighted by molar-refractivity contribution is -0.138. The number of nitrogens with zero attached hydrogens (tertiary/aromatic N) is 4. The van der Waals surface area contributed by atoms with Gasteiger partial charge in [-0.3, -0.25) is 0 Å². The highest BCUT2D eigenvalue weighted by atomic mass is 19.4. The molecule has 0 fully saturated rings. The van der Waals surface area contributed by atoms with Crippen molar-refractivity contribution in [2.24, 2.45) is 0 Å². The van der Waals surface area contributed by atoms with E-state index >= 15 is 79.0 Å². The lowest BCUT2D eigenvalue weighted by atomic mass is 9.89. The van der Waals surface area contributed by atoms with Gasteiger partial charge in [0.2, 0.25) is 0 Å². The normalized spacial score (nSPS) is 14.9. The van der Waals surface area contributed by atoms with Crippen LogP contribution in [0.15, 0.2) is 48.5 Å². The SMILES string of the molecule is FC(F)(F)c1c2nc(c(C(F)(F)F)c3cc(-c4cc5c(cc4-c4cc6[nH]c4c(C(F)(F)F)c4nc(c(C(F)(F)F)c7ccc([nH]7)c(C(F)(F)F)c7nc(c6C(F)(F)F)C=C7)C=C4)CCC5)c([nH]3)c(C(F)(F)F)c3nc(c(C(F)(F)F)c4ccc1[nH]4)C=C3)C=C2. The van der Waals surface area contributed by atoms with E-state index < -0.39 is 206 Å². The number of hydrogen-bond donors (Lipinski definition) is 4. The maximum atomic E-state index is 16.2. The van der Waals surface area contributed by atoms with Crippen LogP contribution in [0.3, 0.4) is 0 Å². The molecule has 4 N–H and O–H groups in total. The summed E-state index contributed by atoms with van der Waals surface area (Å²) in [7, 11) is 0. The zero-order valence-electron chi connectivity index (χ0n) is 43.2. The minimum atomic E-state index is -5.98. The van der Waals surface area contributed by atoms with Crippen molar-refractivity contribution in [3.63, 3.8) is 0 Å². The third-order valence-electron chi connectivity index (χ3n) is 14.8. The Bertz CT molecular complexity index is 4390. The van der Waals surface area contributed by atoms with Crippen LogP contribution in [0.2, 0.25) is 0 Å². The molecule has 1 aliphatic carbocycles. The molecular formula is C57H26F24N8. The maximum Gasteiger partial charge on any atom is 0.420 e. The van der Waals surface area contributed by atoms with Crippen molar-refractivity contribution in [1.29, 1.82) is 0 Å². The fourth-order valence-corrected chi connectivity index (χ4v) is 11.4. The van der Waals surface area contributed by atoms with Crippen LogP contribution in [-0.2, 0) is 62.3 Å². The molecule has 1 aromatic carbocycles. The molecule has 12 rings (SSSR count). The van der Waals surface area contributed by atoms with Crippen LogP contribution in [0.5, 0.6) is 0 Å². The summed E-state index contributed by atoms with van der Waals surface area (Å²) in [6, 6.07) is 4.03. The Balaban J connectivity index is 1.32. The van der Waals surface area contributed by atoms with Crippen molar-refractivity contribution in [3.05, 3.63) is 150 Å². The number of aromatic nitrogens is 8. The average molecular weight is 1280 g/mol. The Labute approximate surface area is 477 Å². The highest BCUT2D eigenvalue weighted by molar-refractivity contribution is 6.03. The second-order valence-electron chi connectivity index (χ2n) is 20.4. The van der Waals surface area contributed by atoms with Crippen LogP contribution in [0.1, 0.15) is 108 Å². The molecule has 0 saturated heterocycles. The molecule has 0 amide bonds. The molecule has 8 nitrogen and oxygen atoms in total. The fourth-order valence-electron chi connectivity index (χ4n) is 11.4. The maximum absolute atomic E-state index is 16.2. The van der Waals surface area contributed by atoms with E-state index in [1.165, 1.54) is 0 Å². The van der Waals surface area contributed by atoms with Gasteiger partial charge < -0.3 is 19.9 Å². The Kier molecular flexibility index (Phi) is 13.2. The Morgan fingerprint density at radius 3 is 0.685 bits per heavy atom. The molecule has 89 heavy (non-hydrogen) atoms. The zero-order valence-corrected chi connectivity index (χ0v) is 43.2. The monoisotopic (exact) mass is 1280 g/mol. The summed E-state index contributed by atoms with van der Waals surface area (Å²) in [4.78, 5) is 21.6. The number of alkyl halides is 24. The first-order valence-electron chi connectivity index (χ1n) is 25.3. The first-order valence-corrected chi connectivity index (χ1v) is 25.3. The number of H-pyrrole nitrogens is 4. The van der Waals surface area contributed by atoms with Crippen LogP contribution in [-0.4, -0.2) is 39.9 Å². The van der Waals surface area contributed by atoms with E-state index in [0.717, 1.165) is 12.1 Å². The van der Waals surface area contributed by atoms with E-state index in [2.05, 4.69) is 19.9 Å². The molecule has 10 heterocycles. The van der Waals surface area contributed by atoms with Gasteiger partial charge in [-0.05, 0) is 127 Å². The minimum Gasteiger partial charge on any atom is -0.354 e. The highest BCUT2D eigenvalue weighted by Crippen LogP contribution is 2.52. The summed E-state index contributed by atoms with van der Waals surface area (Å²) in [6.07, 6.45) is -43.8. The van der Waals surface area contributed by atoms with Gasteiger partial charge in [-0.25, -0.2) is 19.9 Å². The predicted octanol–water partition coefficient (Wildman–Crippen LogP) is 19.6. The molecule has 0 radical (unpaired) electrons. The van der Waals surface area contributed by atoms with Crippen LogP contribution >= 0.6 is 0 Å². The van der Waals surface area contributed by atoms with E-state index in [1.54, 1.807) is 0 Å². The molecule has 7 aromatic rings. The topological polar surface area (TPSA) is 115 Å². The van der Waals surface area contributed by atoms with Gasteiger partial charge in [-0.15, -0.1) is 0 Å². The van der Waals surface area contributed by atoms with E-state index in [1.807, 2.05) is 19.9 Å². The average Bonchev–Trinajstić information content (AvgIpc) is 1.61. The molecule has 6 aromatic heterocycles. The largest absolute Gasteiger partial charge is 0.420 e. The van der Waals surface area contributed by atoms with Crippen LogP contribution in [0, 0.1) is 0 Å². The van der Waals surface area contributed by atoms with E-state index in [-0.39, 0.29) is 42.5 Å². The van der Waals surface area contributed by atoms with Gasteiger partial charge in [0.05, 0.1) is 89.7 Å². The molecule has 462 valence electrons.